The van der Waals surface area contributed by atoms with Crippen molar-refractivity contribution < 1.29 is 4.39 Å². The number of rotatable bonds is 5. The minimum atomic E-state index is -0.274. The van der Waals surface area contributed by atoms with Gasteiger partial charge in [-0.3, -0.25) is 0 Å². The van der Waals surface area contributed by atoms with Crippen molar-refractivity contribution >= 4 is 22.6 Å². The number of fused-ring (bicyclic) bond motifs is 1. The van der Waals surface area contributed by atoms with Gasteiger partial charge in [0.25, 0.3) is 0 Å². The van der Waals surface area contributed by atoms with E-state index in [9.17, 15) is 4.39 Å². The van der Waals surface area contributed by atoms with Crippen molar-refractivity contribution in [3.63, 3.8) is 0 Å². The van der Waals surface area contributed by atoms with Crippen LogP contribution in [0.3, 0.4) is 0 Å². The Balaban J connectivity index is 1.81. The first kappa shape index (κ1) is 14.8. The lowest BCUT2D eigenvalue weighted by Gasteiger charge is -2.16. The first-order valence-electron chi connectivity index (χ1n) is 7.68. The largest absolute Gasteiger partial charge is 0.327 e. The normalized spacial score (nSPS) is 17.7. The molecule has 2 heterocycles. The van der Waals surface area contributed by atoms with Crippen LogP contribution in [0.5, 0.6) is 0 Å². The second kappa shape index (κ2) is 6.32. The maximum atomic E-state index is 13.9. The summed E-state index contributed by atoms with van der Waals surface area (Å²) in [5.74, 6) is 0.488. The summed E-state index contributed by atoms with van der Waals surface area (Å²) in [5.41, 5.74) is 1.28. The highest BCUT2D eigenvalue weighted by Crippen LogP contribution is 2.26. The quantitative estimate of drug-likeness (QED) is 0.780. The Kier molecular flexibility index (Phi) is 4.45. The summed E-state index contributed by atoms with van der Waals surface area (Å²) in [6.07, 6.45) is 3.66. The van der Waals surface area contributed by atoms with Crippen molar-refractivity contribution in [1.29, 1.82) is 0 Å². The third kappa shape index (κ3) is 3.06. The monoisotopic (exact) mass is 309 g/mol. The van der Waals surface area contributed by atoms with E-state index < -0.39 is 0 Å². The first-order chi connectivity index (χ1) is 10.2. The van der Waals surface area contributed by atoms with Crippen molar-refractivity contribution in [3.05, 3.63) is 29.8 Å². The second-order valence-electron chi connectivity index (χ2n) is 5.75. The molecule has 21 heavy (non-hydrogen) atoms. The number of hydrogen-bond donors (Lipinski definition) is 0. The van der Waals surface area contributed by atoms with Gasteiger partial charge >= 0.3 is 0 Å². The van der Waals surface area contributed by atoms with Crippen LogP contribution in [-0.2, 0) is 6.54 Å². The van der Waals surface area contributed by atoms with E-state index in [1.54, 1.807) is 6.07 Å². The fraction of sp³-hybridized carbons (Fsp3) is 0.562. The summed E-state index contributed by atoms with van der Waals surface area (Å²) in [7, 11) is 0. The summed E-state index contributed by atoms with van der Waals surface area (Å²) < 4.78 is 16.0. The Morgan fingerprint density at radius 3 is 2.76 bits per heavy atom. The Morgan fingerprint density at radius 2 is 2.05 bits per heavy atom. The highest BCUT2D eigenvalue weighted by Gasteiger charge is 2.17. The Hall–Kier alpha value is -1.13. The number of halogens is 2. The molecule has 0 amide bonds. The summed E-state index contributed by atoms with van der Waals surface area (Å²) in [6.45, 7) is 6.22. The van der Waals surface area contributed by atoms with Crippen LogP contribution in [0.15, 0.2) is 18.2 Å². The zero-order valence-corrected chi connectivity index (χ0v) is 13.1. The molecule has 0 N–H and O–H groups in total. The molecule has 1 aliphatic heterocycles. The van der Waals surface area contributed by atoms with Gasteiger partial charge in [0.05, 0.1) is 10.9 Å². The second-order valence-corrected chi connectivity index (χ2v) is 6.40. The maximum Gasteiger partial charge on any atom is 0.151 e. The summed E-state index contributed by atoms with van der Waals surface area (Å²) in [4.78, 5) is 6.89. The van der Waals surface area contributed by atoms with E-state index in [1.165, 1.54) is 32.0 Å². The summed E-state index contributed by atoms with van der Waals surface area (Å²) in [6, 6.07) is 5.11. The van der Waals surface area contributed by atoms with Crippen LogP contribution in [0, 0.1) is 5.82 Å². The smallest absolute Gasteiger partial charge is 0.151 e. The van der Waals surface area contributed by atoms with E-state index in [0.717, 1.165) is 30.9 Å². The molecule has 0 spiro atoms. The number of benzene rings is 1. The molecule has 5 heteroatoms. The number of alkyl halides is 1. The van der Waals surface area contributed by atoms with Gasteiger partial charge in [0.1, 0.15) is 11.3 Å². The molecule has 3 nitrogen and oxygen atoms in total. The number of imidazole rings is 1. The highest BCUT2D eigenvalue weighted by molar-refractivity contribution is 6.20. The average Bonchev–Trinajstić information content (AvgIpc) is 3.08. The molecule has 114 valence electrons. The highest BCUT2D eigenvalue weighted by atomic mass is 35.5. The average molecular weight is 310 g/mol. The number of nitrogens with zero attached hydrogens (tertiary/aromatic N) is 3. The lowest BCUT2D eigenvalue weighted by Crippen LogP contribution is -2.21. The van der Waals surface area contributed by atoms with Crippen molar-refractivity contribution in [1.82, 2.24) is 14.5 Å². The zero-order chi connectivity index (χ0) is 14.8. The fourth-order valence-electron chi connectivity index (χ4n) is 3.13. The lowest BCUT2D eigenvalue weighted by atomic mass is 10.3. The molecule has 0 saturated carbocycles. The topological polar surface area (TPSA) is 21.1 Å². The van der Waals surface area contributed by atoms with Crippen molar-refractivity contribution in [2.24, 2.45) is 0 Å². The molecule has 2 aromatic rings. The van der Waals surface area contributed by atoms with Gasteiger partial charge in [-0.05, 0) is 58.0 Å². The van der Waals surface area contributed by atoms with E-state index in [1.807, 2.05) is 13.0 Å². The molecule has 1 atom stereocenters. The van der Waals surface area contributed by atoms with Gasteiger partial charge in [0.2, 0.25) is 0 Å². The van der Waals surface area contributed by atoms with Crippen LogP contribution in [0.4, 0.5) is 4.39 Å². The molecule has 1 unspecified atom stereocenters. The van der Waals surface area contributed by atoms with E-state index in [4.69, 9.17) is 11.6 Å². The first-order valence-corrected chi connectivity index (χ1v) is 8.11. The number of aromatic nitrogens is 2. The van der Waals surface area contributed by atoms with E-state index >= 15 is 0 Å². The zero-order valence-electron chi connectivity index (χ0n) is 12.4. The Bertz CT molecular complexity index is 617. The molecule has 0 radical (unpaired) electrons. The Morgan fingerprint density at radius 1 is 1.29 bits per heavy atom. The van der Waals surface area contributed by atoms with Crippen molar-refractivity contribution in [2.75, 3.05) is 19.6 Å². The van der Waals surface area contributed by atoms with E-state index in [-0.39, 0.29) is 11.2 Å². The van der Waals surface area contributed by atoms with Crippen molar-refractivity contribution in [3.8, 4) is 0 Å². The molecule has 1 saturated heterocycles. The maximum absolute atomic E-state index is 13.9. The predicted molar refractivity (Wildman–Crippen MR) is 84.3 cm³/mol. The van der Waals surface area contributed by atoms with Crippen molar-refractivity contribution in [2.45, 2.75) is 38.1 Å². The number of likely N-dealkylation sites (tertiary alicyclic amines) is 1. The summed E-state index contributed by atoms with van der Waals surface area (Å²) >= 11 is 6.22. The molecule has 1 aliphatic rings. The van der Waals surface area contributed by atoms with Crippen LogP contribution in [0.25, 0.3) is 11.0 Å². The van der Waals surface area contributed by atoms with Crippen LogP contribution < -0.4 is 0 Å². The third-order valence-corrected chi connectivity index (χ3v) is 4.36. The SMILES string of the molecule is CC(Cl)c1nc2c(F)cccc2n1CCCN1CCCC1. The summed E-state index contributed by atoms with van der Waals surface area (Å²) in [5, 5.41) is -0.219. The van der Waals surface area contributed by atoms with Gasteiger partial charge in [-0.25, -0.2) is 9.37 Å². The van der Waals surface area contributed by atoms with Crippen LogP contribution >= 0.6 is 11.6 Å². The standard InChI is InChI=1S/C16H21ClFN3/c1-12(17)16-19-15-13(18)6-4-7-14(15)21(16)11-5-10-20-8-2-3-9-20/h4,6-7,12H,2-3,5,8-11H2,1H3. The molecule has 0 aliphatic carbocycles. The molecule has 1 fully saturated rings. The molecular formula is C16H21ClFN3. The lowest BCUT2D eigenvalue weighted by molar-refractivity contribution is 0.325. The van der Waals surface area contributed by atoms with Crippen LogP contribution in [-0.4, -0.2) is 34.1 Å². The molecular weight excluding hydrogens is 289 g/mol. The molecule has 1 aromatic heterocycles. The van der Waals surface area contributed by atoms with Crippen LogP contribution in [0.2, 0.25) is 0 Å². The van der Waals surface area contributed by atoms with Crippen LogP contribution in [0.1, 0.15) is 37.4 Å². The number of para-hydroxylation sites is 1. The molecule has 3 rings (SSSR count). The van der Waals surface area contributed by atoms with Gasteiger partial charge in [0, 0.05) is 6.54 Å². The van der Waals surface area contributed by atoms with Gasteiger partial charge < -0.3 is 9.47 Å². The minimum absolute atomic E-state index is 0.219. The molecule has 1 aromatic carbocycles. The van der Waals surface area contributed by atoms with E-state index in [0.29, 0.717) is 5.52 Å². The van der Waals surface area contributed by atoms with Gasteiger partial charge in [-0.15, -0.1) is 11.6 Å². The van der Waals surface area contributed by atoms with Gasteiger partial charge in [-0.1, -0.05) is 6.07 Å². The van der Waals surface area contributed by atoms with E-state index in [2.05, 4.69) is 14.5 Å². The molecule has 0 bridgehead atoms. The minimum Gasteiger partial charge on any atom is -0.327 e. The Labute approximate surface area is 129 Å². The van der Waals surface area contributed by atoms with Gasteiger partial charge in [0.15, 0.2) is 5.82 Å². The third-order valence-electron chi connectivity index (χ3n) is 4.17. The predicted octanol–water partition coefficient (Wildman–Crippen LogP) is 3.96. The fourth-order valence-corrected chi connectivity index (χ4v) is 3.29. The number of hydrogen-bond acceptors (Lipinski definition) is 2. The van der Waals surface area contributed by atoms with Gasteiger partial charge in [-0.2, -0.15) is 0 Å². The number of aryl methyl sites for hydroxylation is 1.